The predicted molar refractivity (Wildman–Crippen MR) is 66.0 cm³/mol. The number of alkyl halides is 1. The number of rotatable bonds is 4. The van der Waals surface area contributed by atoms with E-state index in [9.17, 15) is 5.11 Å². The Morgan fingerprint density at radius 1 is 1.33 bits per heavy atom. The molecule has 1 rings (SSSR count). The topological polar surface area (TPSA) is 20.2 Å². The predicted octanol–water partition coefficient (Wildman–Crippen LogP) is 4.22. The second-order valence-electron chi connectivity index (χ2n) is 3.54. The van der Waals surface area contributed by atoms with Gasteiger partial charge in [0.15, 0.2) is 0 Å². The van der Waals surface area contributed by atoms with Gasteiger partial charge >= 0.3 is 0 Å². The van der Waals surface area contributed by atoms with E-state index in [0.717, 1.165) is 6.42 Å². The Morgan fingerprint density at radius 2 is 2.00 bits per heavy atom. The van der Waals surface area contributed by atoms with Gasteiger partial charge in [0.1, 0.15) is 5.60 Å². The Kier molecular flexibility index (Phi) is 4.72. The van der Waals surface area contributed by atoms with Crippen molar-refractivity contribution in [2.75, 3.05) is 5.88 Å². The van der Waals surface area contributed by atoms with E-state index in [4.69, 9.17) is 34.8 Å². The van der Waals surface area contributed by atoms with Crippen molar-refractivity contribution < 1.29 is 5.11 Å². The molecule has 84 valence electrons. The Bertz CT molecular complexity index is 341. The lowest BCUT2D eigenvalue weighted by molar-refractivity contribution is 0.0508. The Morgan fingerprint density at radius 3 is 2.47 bits per heavy atom. The van der Waals surface area contributed by atoms with E-state index in [1.807, 2.05) is 6.92 Å². The largest absolute Gasteiger partial charge is 0.384 e. The van der Waals surface area contributed by atoms with Crippen molar-refractivity contribution in [3.8, 4) is 0 Å². The van der Waals surface area contributed by atoms with Crippen LogP contribution in [0.3, 0.4) is 0 Å². The number of benzene rings is 1. The smallest absolute Gasteiger partial charge is 0.105 e. The highest BCUT2D eigenvalue weighted by Gasteiger charge is 2.29. The molecule has 4 heteroatoms. The molecule has 1 N–H and O–H groups in total. The number of hydrogen-bond acceptors (Lipinski definition) is 1. The first-order valence-electron chi connectivity index (χ1n) is 4.77. The van der Waals surface area contributed by atoms with E-state index in [-0.39, 0.29) is 5.88 Å². The average molecular weight is 268 g/mol. The highest BCUT2D eigenvalue weighted by Crippen LogP contribution is 2.34. The molecule has 0 saturated carbocycles. The number of hydrogen-bond donors (Lipinski definition) is 1. The fraction of sp³-hybridized carbons (Fsp3) is 0.455. The summed E-state index contributed by atoms with van der Waals surface area (Å²) in [6.07, 6.45) is 1.42. The lowest BCUT2D eigenvalue weighted by Crippen LogP contribution is -2.27. The van der Waals surface area contributed by atoms with Crippen LogP contribution in [0.2, 0.25) is 10.0 Å². The molecule has 0 aliphatic carbocycles. The monoisotopic (exact) mass is 266 g/mol. The second kappa shape index (κ2) is 5.40. The van der Waals surface area contributed by atoms with Gasteiger partial charge in [-0.25, -0.2) is 0 Å². The van der Waals surface area contributed by atoms with Gasteiger partial charge < -0.3 is 5.11 Å². The molecule has 1 aromatic carbocycles. The van der Waals surface area contributed by atoms with Crippen molar-refractivity contribution in [3.63, 3.8) is 0 Å². The molecule has 0 amide bonds. The van der Waals surface area contributed by atoms with Gasteiger partial charge in [0.2, 0.25) is 0 Å². The van der Waals surface area contributed by atoms with Crippen LogP contribution >= 0.6 is 34.8 Å². The summed E-state index contributed by atoms with van der Waals surface area (Å²) < 4.78 is 0. The van der Waals surface area contributed by atoms with Crippen molar-refractivity contribution >= 4 is 34.8 Å². The molecule has 1 nitrogen and oxygen atoms in total. The normalized spacial score (nSPS) is 15.0. The quantitative estimate of drug-likeness (QED) is 0.810. The maximum absolute atomic E-state index is 10.3. The fourth-order valence-electron chi connectivity index (χ4n) is 1.55. The zero-order valence-corrected chi connectivity index (χ0v) is 10.7. The van der Waals surface area contributed by atoms with Crippen molar-refractivity contribution in [3.05, 3.63) is 33.8 Å². The van der Waals surface area contributed by atoms with Crippen LogP contribution in [-0.2, 0) is 5.60 Å². The van der Waals surface area contributed by atoms with Crippen LogP contribution in [0.4, 0.5) is 0 Å². The molecule has 0 aliphatic rings. The van der Waals surface area contributed by atoms with E-state index in [0.29, 0.717) is 22.0 Å². The van der Waals surface area contributed by atoms with Gasteiger partial charge in [-0.1, -0.05) is 42.6 Å². The van der Waals surface area contributed by atoms with E-state index < -0.39 is 5.60 Å². The maximum Gasteiger partial charge on any atom is 0.105 e. The Balaban J connectivity index is 3.12. The van der Waals surface area contributed by atoms with Crippen LogP contribution in [0.5, 0.6) is 0 Å². The molecule has 0 bridgehead atoms. The van der Waals surface area contributed by atoms with Crippen LogP contribution in [0.15, 0.2) is 18.2 Å². The molecule has 1 atom stereocenters. The SMILES string of the molecule is CCCC(O)(CCl)c1ccc(Cl)cc1Cl. The first-order chi connectivity index (χ1) is 7.03. The third-order valence-electron chi connectivity index (χ3n) is 2.32. The molecule has 1 aromatic rings. The number of aliphatic hydroxyl groups is 1. The van der Waals surface area contributed by atoms with Crippen LogP contribution in [0, 0.1) is 0 Å². The summed E-state index contributed by atoms with van der Waals surface area (Å²) in [5, 5.41) is 11.3. The summed E-state index contributed by atoms with van der Waals surface area (Å²) in [6.45, 7) is 1.99. The minimum Gasteiger partial charge on any atom is -0.384 e. The van der Waals surface area contributed by atoms with E-state index in [1.54, 1.807) is 18.2 Å². The number of halogens is 3. The van der Waals surface area contributed by atoms with Gasteiger partial charge in [-0.3, -0.25) is 0 Å². The molecule has 0 aliphatic heterocycles. The van der Waals surface area contributed by atoms with Gasteiger partial charge in [-0.15, -0.1) is 11.6 Å². The van der Waals surface area contributed by atoms with Crippen LogP contribution in [-0.4, -0.2) is 11.0 Å². The van der Waals surface area contributed by atoms with Crippen LogP contribution in [0.25, 0.3) is 0 Å². The minimum atomic E-state index is -1.06. The van der Waals surface area contributed by atoms with Gasteiger partial charge in [0, 0.05) is 15.6 Å². The second-order valence-corrected chi connectivity index (χ2v) is 4.65. The summed E-state index contributed by atoms with van der Waals surface area (Å²) >= 11 is 17.6. The highest BCUT2D eigenvalue weighted by atomic mass is 35.5. The molecule has 0 heterocycles. The summed E-state index contributed by atoms with van der Waals surface area (Å²) in [5.74, 6) is 0.127. The van der Waals surface area contributed by atoms with Crippen molar-refractivity contribution in [2.45, 2.75) is 25.4 Å². The van der Waals surface area contributed by atoms with Crippen molar-refractivity contribution in [2.24, 2.45) is 0 Å². The minimum absolute atomic E-state index is 0.127. The third-order valence-corrected chi connectivity index (χ3v) is 3.31. The van der Waals surface area contributed by atoms with Crippen molar-refractivity contribution in [1.29, 1.82) is 0 Å². The first kappa shape index (κ1) is 13.1. The maximum atomic E-state index is 10.3. The zero-order chi connectivity index (χ0) is 11.5. The summed E-state index contributed by atoms with van der Waals surface area (Å²) in [4.78, 5) is 0. The summed E-state index contributed by atoms with van der Waals surface area (Å²) in [6, 6.07) is 5.05. The van der Waals surface area contributed by atoms with Gasteiger partial charge in [-0.05, 0) is 18.6 Å². The molecule has 0 spiro atoms. The van der Waals surface area contributed by atoms with Gasteiger partial charge in [-0.2, -0.15) is 0 Å². The molecule has 0 fully saturated rings. The summed E-state index contributed by atoms with van der Waals surface area (Å²) in [7, 11) is 0. The molecule has 1 unspecified atom stereocenters. The highest BCUT2D eigenvalue weighted by molar-refractivity contribution is 6.35. The van der Waals surface area contributed by atoms with Crippen LogP contribution in [0.1, 0.15) is 25.3 Å². The molecule has 15 heavy (non-hydrogen) atoms. The fourth-order valence-corrected chi connectivity index (χ4v) is 2.42. The average Bonchev–Trinajstić information content (AvgIpc) is 2.17. The zero-order valence-electron chi connectivity index (χ0n) is 8.43. The summed E-state index contributed by atoms with van der Waals surface area (Å²) in [5.41, 5.74) is -0.414. The van der Waals surface area contributed by atoms with Gasteiger partial charge in [0.25, 0.3) is 0 Å². The standard InChI is InChI=1S/C11H13Cl3O/c1-2-5-11(15,7-12)9-4-3-8(13)6-10(9)14/h3-4,6,15H,2,5,7H2,1H3. The lowest BCUT2D eigenvalue weighted by Gasteiger charge is -2.26. The molecule has 0 radical (unpaired) electrons. The van der Waals surface area contributed by atoms with Gasteiger partial charge in [0.05, 0.1) is 5.88 Å². The van der Waals surface area contributed by atoms with Crippen molar-refractivity contribution in [1.82, 2.24) is 0 Å². The lowest BCUT2D eigenvalue weighted by atomic mass is 9.91. The first-order valence-corrected chi connectivity index (χ1v) is 6.06. The van der Waals surface area contributed by atoms with E-state index >= 15 is 0 Å². The Labute approximate surface area is 105 Å². The molecular weight excluding hydrogens is 254 g/mol. The van der Waals surface area contributed by atoms with Crippen LogP contribution < -0.4 is 0 Å². The Hall–Kier alpha value is 0.0500. The van der Waals surface area contributed by atoms with E-state index in [2.05, 4.69) is 0 Å². The third kappa shape index (κ3) is 3.01. The molecule has 0 aromatic heterocycles. The van der Waals surface area contributed by atoms with E-state index in [1.165, 1.54) is 0 Å². The molecule has 0 saturated heterocycles. The molecular formula is C11H13Cl3O.